The smallest absolute Gasteiger partial charge is 0.181 e. The Morgan fingerprint density at radius 1 is 1.00 bits per heavy atom. The number of rotatable bonds is 4. The molecule has 0 fully saturated rings. The lowest BCUT2D eigenvalue weighted by atomic mass is 9.79. The van der Waals surface area contributed by atoms with Gasteiger partial charge < -0.3 is 0 Å². The molecule has 114 valence electrons. The summed E-state index contributed by atoms with van der Waals surface area (Å²) in [6, 6.07) is 6.25. The number of hydrogen-bond donors (Lipinski definition) is 1. The zero-order chi connectivity index (χ0) is 15.7. The Balaban J connectivity index is 2.16. The largest absolute Gasteiger partial charge is 0.262 e. The van der Waals surface area contributed by atoms with Crippen molar-refractivity contribution in [2.45, 2.75) is 52.9 Å². The van der Waals surface area contributed by atoms with E-state index in [1.807, 2.05) is 0 Å². The van der Waals surface area contributed by atoms with Crippen LogP contribution in [-0.4, -0.2) is 15.2 Å². The summed E-state index contributed by atoms with van der Waals surface area (Å²) in [5.41, 5.74) is 1.07. The molecule has 1 N–H and O–H groups in total. The average Bonchev–Trinajstić information content (AvgIpc) is 2.87. The molecule has 3 nitrogen and oxygen atoms in total. The lowest BCUT2D eigenvalue weighted by molar-refractivity contribution is 0.308. The summed E-state index contributed by atoms with van der Waals surface area (Å²) in [7, 11) is 0. The van der Waals surface area contributed by atoms with E-state index in [4.69, 9.17) is 0 Å². The van der Waals surface area contributed by atoms with E-state index in [1.54, 1.807) is 12.1 Å². The second-order valence-electron chi connectivity index (χ2n) is 7.46. The summed E-state index contributed by atoms with van der Waals surface area (Å²) in [5.74, 6) is 1.25. The van der Waals surface area contributed by atoms with Crippen molar-refractivity contribution in [2.75, 3.05) is 0 Å². The van der Waals surface area contributed by atoms with Gasteiger partial charge in [0.15, 0.2) is 5.82 Å². The maximum absolute atomic E-state index is 13.0. The molecule has 0 saturated heterocycles. The molecule has 0 unspecified atom stereocenters. The molecule has 0 aliphatic heterocycles. The van der Waals surface area contributed by atoms with Crippen molar-refractivity contribution in [1.29, 1.82) is 0 Å². The van der Waals surface area contributed by atoms with Crippen molar-refractivity contribution < 1.29 is 4.39 Å². The van der Waals surface area contributed by atoms with Gasteiger partial charge in [-0.05, 0) is 42.5 Å². The minimum atomic E-state index is -0.250. The lowest BCUT2D eigenvalue weighted by Gasteiger charge is -2.26. The Morgan fingerprint density at radius 3 is 2.19 bits per heavy atom. The van der Waals surface area contributed by atoms with Crippen LogP contribution in [0, 0.1) is 11.2 Å². The highest BCUT2D eigenvalue weighted by Crippen LogP contribution is 2.32. The Labute approximate surface area is 126 Å². The van der Waals surface area contributed by atoms with E-state index in [-0.39, 0.29) is 11.2 Å². The zero-order valence-electron chi connectivity index (χ0n) is 13.5. The van der Waals surface area contributed by atoms with Crippen LogP contribution in [0.5, 0.6) is 0 Å². The lowest BCUT2D eigenvalue weighted by Crippen LogP contribution is -2.22. The molecular weight excluding hydrogens is 265 g/mol. The molecule has 2 aromatic rings. The van der Waals surface area contributed by atoms with E-state index in [2.05, 4.69) is 49.8 Å². The molecular formula is C17H24FN3. The maximum Gasteiger partial charge on any atom is 0.181 e. The Hall–Kier alpha value is -1.71. The quantitative estimate of drug-likeness (QED) is 0.885. The number of aromatic amines is 1. The van der Waals surface area contributed by atoms with Gasteiger partial charge in [-0.3, -0.25) is 5.10 Å². The Kier molecular flexibility index (Phi) is 4.17. The van der Waals surface area contributed by atoms with E-state index in [9.17, 15) is 4.39 Å². The van der Waals surface area contributed by atoms with Gasteiger partial charge in [-0.15, -0.1) is 0 Å². The Bertz CT molecular complexity index is 591. The van der Waals surface area contributed by atoms with Gasteiger partial charge in [-0.25, -0.2) is 9.37 Å². The fraction of sp³-hybridized carbons (Fsp3) is 0.529. The summed E-state index contributed by atoms with van der Waals surface area (Å²) < 4.78 is 13.0. The van der Waals surface area contributed by atoms with Crippen LogP contribution in [0.25, 0.3) is 11.4 Å². The minimum absolute atomic E-state index is 0.0570. The van der Waals surface area contributed by atoms with E-state index in [1.165, 1.54) is 12.1 Å². The standard InChI is InChI=1S/C17H24FN3/c1-16(2,3)10-11-17(4,5)15-19-14(20-21-15)12-6-8-13(18)9-7-12/h6-9H,10-11H2,1-5H3,(H,19,20,21). The second kappa shape index (κ2) is 5.58. The van der Waals surface area contributed by atoms with Gasteiger partial charge in [0.05, 0.1) is 0 Å². The van der Waals surface area contributed by atoms with Gasteiger partial charge in [0.25, 0.3) is 0 Å². The van der Waals surface area contributed by atoms with Crippen molar-refractivity contribution in [3.05, 3.63) is 35.9 Å². The molecule has 1 aromatic carbocycles. The summed E-state index contributed by atoms with van der Waals surface area (Å²) >= 11 is 0. The third-order valence-electron chi connectivity index (χ3n) is 3.73. The number of halogens is 1. The summed E-state index contributed by atoms with van der Waals surface area (Å²) in [6.07, 6.45) is 2.15. The molecule has 4 heteroatoms. The number of H-pyrrole nitrogens is 1. The first kappa shape index (κ1) is 15.7. The van der Waals surface area contributed by atoms with Crippen LogP contribution in [0.15, 0.2) is 24.3 Å². The SMILES string of the molecule is CC(C)(C)CCC(C)(C)c1nc(-c2ccc(F)cc2)n[nH]1. The van der Waals surface area contributed by atoms with Crippen LogP contribution in [-0.2, 0) is 5.41 Å². The second-order valence-corrected chi connectivity index (χ2v) is 7.46. The van der Waals surface area contributed by atoms with Gasteiger partial charge >= 0.3 is 0 Å². The minimum Gasteiger partial charge on any atom is -0.262 e. The fourth-order valence-electron chi connectivity index (χ4n) is 2.10. The van der Waals surface area contributed by atoms with Crippen LogP contribution in [0.3, 0.4) is 0 Å². The first-order valence-electron chi connectivity index (χ1n) is 7.36. The topological polar surface area (TPSA) is 41.6 Å². The molecule has 1 heterocycles. The predicted molar refractivity (Wildman–Crippen MR) is 83.5 cm³/mol. The summed E-state index contributed by atoms with van der Waals surface area (Å²) in [4.78, 5) is 4.59. The molecule has 21 heavy (non-hydrogen) atoms. The molecule has 0 spiro atoms. The van der Waals surface area contributed by atoms with Gasteiger partial charge in [0.2, 0.25) is 0 Å². The van der Waals surface area contributed by atoms with Gasteiger partial charge in [-0.1, -0.05) is 34.6 Å². The average molecular weight is 289 g/mol. The first-order chi connectivity index (χ1) is 9.67. The molecule has 1 aromatic heterocycles. The van der Waals surface area contributed by atoms with Crippen LogP contribution in [0.1, 0.15) is 53.3 Å². The van der Waals surface area contributed by atoms with Crippen LogP contribution < -0.4 is 0 Å². The number of benzene rings is 1. The van der Waals surface area contributed by atoms with E-state index in [0.29, 0.717) is 11.2 Å². The Morgan fingerprint density at radius 2 is 1.62 bits per heavy atom. The van der Waals surface area contributed by atoms with E-state index in [0.717, 1.165) is 24.2 Å². The van der Waals surface area contributed by atoms with Crippen molar-refractivity contribution in [1.82, 2.24) is 15.2 Å². The molecule has 0 atom stereocenters. The third-order valence-corrected chi connectivity index (χ3v) is 3.73. The highest BCUT2D eigenvalue weighted by molar-refractivity contribution is 5.54. The highest BCUT2D eigenvalue weighted by atomic mass is 19.1. The zero-order valence-corrected chi connectivity index (χ0v) is 13.5. The normalized spacial score (nSPS) is 12.7. The van der Waals surface area contributed by atoms with Crippen LogP contribution in [0.4, 0.5) is 4.39 Å². The molecule has 0 saturated carbocycles. The monoisotopic (exact) mass is 289 g/mol. The van der Waals surface area contributed by atoms with Crippen molar-refractivity contribution in [2.24, 2.45) is 5.41 Å². The maximum atomic E-state index is 13.0. The van der Waals surface area contributed by atoms with Crippen molar-refractivity contribution >= 4 is 0 Å². The fourth-order valence-corrected chi connectivity index (χ4v) is 2.10. The van der Waals surface area contributed by atoms with Crippen LogP contribution in [0.2, 0.25) is 0 Å². The van der Waals surface area contributed by atoms with Gasteiger partial charge in [-0.2, -0.15) is 5.10 Å². The molecule has 0 radical (unpaired) electrons. The van der Waals surface area contributed by atoms with E-state index < -0.39 is 0 Å². The molecule has 0 aliphatic carbocycles. The number of nitrogens with zero attached hydrogens (tertiary/aromatic N) is 2. The summed E-state index contributed by atoms with van der Waals surface area (Å²) in [5, 5.41) is 7.31. The number of aromatic nitrogens is 3. The van der Waals surface area contributed by atoms with E-state index >= 15 is 0 Å². The van der Waals surface area contributed by atoms with Crippen LogP contribution >= 0.6 is 0 Å². The summed E-state index contributed by atoms with van der Waals surface area (Å²) in [6.45, 7) is 11.1. The molecule has 0 amide bonds. The molecule has 0 aliphatic rings. The van der Waals surface area contributed by atoms with Gasteiger partial charge in [0, 0.05) is 11.0 Å². The third kappa shape index (κ3) is 4.13. The first-order valence-corrected chi connectivity index (χ1v) is 7.36. The highest BCUT2D eigenvalue weighted by Gasteiger charge is 2.27. The van der Waals surface area contributed by atoms with Crippen molar-refractivity contribution in [3.63, 3.8) is 0 Å². The van der Waals surface area contributed by atoms with Gasteiger partial charge in [0.1, 0.15) is 11.6 Å². The molecule has 2 rings (SSSR count). The number of hydrogen-bond acceptors (Lipinski definition) is 2. The van der Waals surface area contributed by atoms with Crippen molar-refractivity contribution in [3.8, 4) is 11.4 Å². The number of nitrogens with one attached hydrogen (secondary N) is 1. The predicted octanol–water partition coefficient (Wildman–Crippen LogP) is 4.71. The molecule has 0 bridgehead atoms.